The van der Waals surface area contributed by atoms with Gasteiger partial charge in [-0.3, -0.25) is 9.69 Å². The number of rotatable bonds is 14. The molecule has 0 saturated carbocycles. The van der Waals surface area contributed by atoms with Crippen molar-refractivity contribution in [2.75, 3.05) is 0 Å². The standard InChI is InChI=1S/C40H49NO3/c1-7-8-23-36(38(42)33-18-11-9-12-19-33)40(43)44-39(34-20-13-10-14-21-34)32(6)41(26-35-22-16-15-17-29(35)3)27-37-30(4)24-28(2)25-31(37)5/h9-22,24-25,32,36,38-39,42H,7-8,23,26-27H2,1-6H3/t32-,36-,38+,39-/m0/s1. The fourth-order valence-electron chi connectivity index (χ4n) is 6.22. The third-order valence-electron chi connectivity index (χ3n) is 8.92. The number of aryl methyl sites for hydroxylation is 4. The summed E-state index contributed by atoms with van der Waals surface area (Å²) < 4.78 is 6.53. The molecule has 0 unspecified atom stereocenters. The van der Waals surface area contributed by atoms with Crippen LogP contribution in [0.5, 0.6) is 0 Å². The number of unbranched alkanes of at least 4 members (excludes halogenated alkanes) is 1. The molecule has 0 fully saturated rings. The number of carbonyl (C=O) groups is 1. The molecule has 0 spiro atoms. The van der Waals surface area contributed by atoms with Crippen molar-refractivity contribution < 1.29 is 14.6 Å². The van der Waals surface area contributed by atoms with Gasteiger partial charge in [-0.25, -0.2) is 0 Å². The highest BCUT2D eigenvalue weighted by atomic mass is 16.5. The van der Waals surface area contributed by atoms with E-state index in [9.17, 15) is 9.90 Å². The van der Waals surface area contributed by atoms with Crippen LogP contribution in [-0.4, -0.2) is 22.0 Å². The van der Waals surface area contributed by atoms with Crippen LogP contribution in [0.15, 0.2) is 97.1 Å². The molecule has 4 nitrogen and oxygen atoms in total. The normalized spacial score (nSPS) is 14.2. The average Bonchev–Trinajstić information content (AvgIpc) is 3.02. The number of aliphatic hydroxyl groups excluding tert-OH is 1. The number of hydrogen-bond donors (Lipinski definition) is 1. The first-order valence-electron chi connectivity index (χ1n) is 16.0. The number of esters is 1. The molecule has 4 aromatic rings. The van der Waals surface area contributed by atoms with E-state index >= 15 is 0 Å². The second kappa shape index (κ2) is 15.8. The van der Waals surface area contributed by atoms with Crippen molar-refractivity contribution in [3.8, 4) is 0 Å². The summed E-state index contributed by atoms with van der Waals surface area (Å²) in [6.07, 6.45) is 0.883. The SMILES string of the molecule is CCCC[C@H](C(=O)O[C@H](c1ccccc1)[C@H](C)N(Cc1ccccc1C)Cc1c(C)cc(C)cc1C)[C@H](O)c1ccccc1. The molecule has 0 radical (unpaired) electrons. The first-order valence-corrected chi connectivity index (χ1v) is 16.0. The summed E-state index contributed by atoms with van der Waals surface area (Å²) in [6, 6.07) is 32.4. The maximum Gasteiger partial charge on any atom is 0.312 e. The molecule has 232 valence electrons. The molecule has 4 rings (SSSR count). The molecule has 44 heavy (non-hydrogen) atoms. The zero-order valence-corrected chi connectivity index (χ0v) is 27.3. The molecule has 4 aromatic carbocycles. The van der Waals surface area contributed by atoms with Crippen LogP contribution in [0, 0.1) is 33.6 Å². The summed E-state index contributed by atoms with van der Waals surface area (Å²) in [5.74, 6) is -1.00. The number of nitrogens with zero attached hydrogens (tertiary/aromatic N) is 1. The highest BCUT2D eigenvalue weighted by Crippen LogP contribution is 2.34. The Balaban J connectivity index is 1.72. The van der Waals surface area contributed by atoms with Gasteiger partial charge in [0.05, 0.1) is 12.0 Å². The maximum atomic E-state index is 14.1. The molecule has 0 aromatic heterocycles. The van der Waals surface area contributed by atoms with Crippen LogP contribution in [0.1, 0.15) is 89.8 Å². The van der Waals surface area contributed by atoms with Gasteiger partial charge in [-0.05, 0) is 80.0 Å². The lowest BCUT2D eigenvalue weighted by atomic mass is 9.90. The fraction of sp³-hybridized carbons (Fsp3) is 0.375. The van der Waals surface area contributed by atoms with E-state index in [2.05, 4.69) is 82.8 Å². The summed E-state index contributed by atoms with van der Waals surface area (Å²) in [7, 11) is 0. The minimum Gasteiger partial charge on any atom is -0.456 e. The van der Waals surface area contributed by atoms with Crippen molar-refractivity contribution in [2.24, 2.45) is 5.92 Å². The number of hydrogen-bond acceptors (Lipinski definition) is 4. The summed E-state index contributed by atoms with van der Waals surface area (Å²) in [5, 5.41) is 11.4. The van der Waals surface area contributed by atoms with E-state index in [0.717, 1.165) is 30.5 Å². The zero-order valence-electron chi connectivity index (χ0n) is 27.3. The topological polar surface area (TPSA) is 49.8 Å². The average molecular weight is 592 g/mol. The fourth-order valence-corrected chi connectivity index (χ4v) is 6.22. The smallest absolute Gasteiger partial charge is 0.312 e. The molecular formula is C40H49NO3. The summed E-state index contributed by atoms with van der Waals surface area (Å²) in [6.45, 7) is 14.4. The molecule has 0 aliphatic heterocycles. The zero-order chi connectivity index (χ0) is 31.6. The summed E-state index contributed by atoms with van der Waals surface area (Å²) >= 11 is 0. The number of carbonyl (C=O) groups excluding carboxylic acids is 1. The Labute approximate surface area is 264 Å². The number of aliphatic hydroxyl groups is 1. The largest absolute Gasteiger partial charge is 0.456 e. The minimum absolute atomic E-state index is 0.151. The van der Waals surface area contributed by atoms with Gasteiger partial charge in [0.1, 0.15) is 6.10 Å². The van der Waals surface area contributed by atoms with Gasteiger partial charge in [0.15, 0.2) is 0 Å². The van der Waals surface area contributed by atoms with Crippen LogP contribution in [-0.2, 0) is 22.6 Å². The predicted octanol–water partition coefficient (Wildman–Crippen LogP) is 9.14. The van der Waals surface area contributed by atoms with E-state index in [4.69, 9.17) is 4.74 Å². The molecule has 0 aliphatic carbocycles. The lowest BCUT2D eigenvalue weighted by Gasteiger charge is -2.36. The van der Waals surface area contributed by atoms with Gasteiger partial charge in [0, 0.05) is 19.1 Å². The highest BCUT2D eigenvalue weighted by molar-refractivity contribution is 5.74. The lowest BCUT2D eigenvalue weighted by Crippen LogP contribution is -2.40. The van der Waals surface area contributed by atoms with E-state index in [0.29, 0.717) is 13.0 Å². The Morgan fingerprint density at radius 1 is 0.773 bits per heavy atom. The van der Waals surface area contributed by atoms with Crippen molar-refractivity contribution in [3.63, 3.8) is 0 Å². The monoisotopic (exact) mass is 591 g/mol. The first-order chi connectivity index (χ1) is 21.2. The van der Waals surface area contributed by atoms with Crippen molar-refractivity contribution >= 4 is 5.97 Å². The molecule has 0 saturated heterocycles. The van der Waals surface area contributed by atoms with Crippen LogP contribution < -0.4 is 0 Å². The van der Waals surface area contributed by atoms with Crippen LogP contribution in [0.3, 0.4) is 0 Å². The maximum absolute atomic E-state index is 14.1. The predicted molar refractivity (Wildman–Crippen MR) is 180 cm³/mol. The van der Waals surface area contributed by atoms with E-state index in [-0.39, 0.29) is 12.0 Å². The van der Waals surface area contributed by atoms with Gasteiger partial charge in [0.25, 0.3) is 0 Å². The molecule has 0 aliphatic rings. The quantitative estimate of drug-likeness (QED) is 0.149. The van der Waals surface area contributed by atoms with Crippen molar-refractivity contribution in [1.82, 2.24) is 4.90 Å². The van der Waals surface area contributed by atoms with Crippen LogP contribution >= 0.6 is 0 Å². The van der Waals surface area contributed by atoms with Gasteiger partial charge in [-0.15, -0.1) is 0 Å². The van der Waals surface area contributed by atoms with Crippen LogP contribution in [0.2, 0.25) is 0 Å². The van der Waals surface area contributed by atoms with Gasteiger partial charge in [0.2, 0.25) is 0 Å². The minimum atomic E-state index is -0.928. The third-order valence-corrected chi connectivity index (χ3v) is 8.92. The van der Waals surface area contributed by atoms with E-state index in [1.165, 1.54) is 33.4 Å². The Bertz CT molecular complexity index is 1460. The summed E-state index contributed by atoms with van der Waals surface area (Å²) in [5.41, 5.74) is 9.26. The first kappa shape index (κ1) is 33.2. The van der Waals surface area contributed by atoms with Crippen molar-refractivity contribution in [1.29, 1.82) is 0 Å². The second-order valence-corrected chi connectivity index (χ2v) is 12.3. The summed E-state index contributed by atoms with van der Waals surface area (Å²) in [4.78, 5) is 16.5. The lowest BCUT2D eigenvalue weighted by molar-refractivity contribution is -0.163. The van der Waals surface area contributed by atoms with Crippen molar-refractivity contribution in [3.05, 3.63) is 142 Å². The Morgan fingerprint density at radius 3 is 1.93 bits per heavy atom. The highest BCUT2D eigenvalue weighted by Gasteiger charge is 2.35. The van der Waals surface area contributed by atoms with E-state index in [1.807, 2.05) is 60.7 Å². The molecule has 1 N–H and O–H groups in total. The number of ether oxygens (including phenoxy) is 1. The van der Waals surface area contributed by atoms with Gasteiger partial charge in [-0.2, -0.15) is 0 Å². The van der Waals surface area contributed by atoms with Crippen molar-refractivity contribution in [2.45, 2.75) is 92.1 Å². The molecular weight excluding hydrogens is 542 g/mol. The van der Waals surface area contributed by atoms with Gasteiger partial charge in [-0.1, -0.05) is 122 Å². The molecule has 4 atom stereocenters. The van der Waals surface area contributed by atoms with Gasteiger partial charge < -0.3 is 9.84 Å². The molecule has 0 bridgehead atoms. The number of benzene rings is 4. The van der Waals surface area contributed by atoms with Gasteiger partial charge >= 0.3 is 5.97 Å². The molecule has 4 heteroatoms. The van der Waals surface area contributed by atoms with Crippen LogP contribution in [0.4, 0.5) is 0 Å². The van der Waals surface area contributed by atoms with E-state index in [1.54, 1.807) is 0 Å². The third kappa shape index (κ3) is 8.46. The Morgan fingerprint density at radius 2 is 1.34 bits per heavy atom. The van der Waals surface area contributed by atoms with E-state index < -0.39 is 18.1 Å². The van der Waals surface area contributed by atoms with Crippen LogP contribution in [0.25, 0.3) is 0 Å². The molecule has 0 heterocycles. The molecule has 0 amide bonds. The Kier molecular flexibility index (Phi) is 11.9. The second-order valence-electron chi connectivity index (χ2n) is 12.3. The Hall–Kier alpha value is -3.73.